The zero-order valence-corrected chi connectivity index (χ0v) is 11.2. The summed E-state index contributed by atoms with van der Waals surface area (Å²) >= 11 is 0. The van der Waals surface area contributed by atoms with Crippen LogP contribution in [0.3, 0.4) is 0 Å². The van der Waals surface area contributed by atoms with E-state index in [1.165, 1.54) is 35.7 Å². The van der Waals surface area contributed by atoms with Crippen LogP contribution in [0.25, 0.3) is 0 Å². The van der Waals surface area contributed by atoms with Gasteiger partial charge < -0.3 is 0 Å². The van der Waals surface area contributed by atoms with E-state index in [-0.39, 0.29) is 7.92 Å². The van der Waals surface area contributed by atoms with Gasteiger partial charge in [-0.1, -0.05) is 39.0 Å². The minimum atomic E-state index is 0.231. The molecule has 0 amide bonds. The van der Waals surface area contributed by atoms with E-state index in [0.717, 1.165) is 5.66 Å². The molecule has 1 fully saturated rings. The van der Waals surface area contributed by atoms with Crippen molar-refractivity contribution in [1.82, 2.24) is 0 Å². The third-order valence-corrected chi connectivity index (χ3v) is 6.23. The van der Waals surface area contributed by atoms with Crippen LogP contribution >= 0.6 is 7.92 Å². The minimum absolute atomic E-state index is 0.231. The summed E-state index contributed by atoms with van der Waals surface area (Å²) in [5.41, 5.74) is 5.54. The standard InChI is InChI=1S/C14H21P/c1-5-6-13-9-15(13)14-11(3)7-10(2)8-12(14)4/h7-8,13H,5-6,9H2,1-4H3/t13-,15?/m1/s1. The van der Waals surface area contributed by atoms with Gasteiger partial charge in [-0.15, -0.1) is 0 Å². The topological polar surface area (TPSA) is 0 Å². The Morgan fingerprint density at radius 2 is 1.80 bits per heavy atom. The molecule has 0 spiro atoms. The van der Waals surface area contributed by atoms with Crippen LogP contribution in [0.15, 0.2) is 12.1 Å². The molecule has 2 atom stereocenters. The monoisotopic (exact) mass is 220 g/mol. The van der Waals surface area contributed by atoms with Gasteiger partial charge in [-0.3, -0.25) is 0 Å². The molecule has 1 heterocycles. The second kappa shape index (κ2) is 4.26. The Hall–Kier alpha value is -0.350. The van der Waals surface area contributed by atoms with Crippen LogP contribution in [0.4, 0.5) is 0 Å². The highest BCUT2D eigenvalue weighted by molar-refractivity contribution is 7.73. The first-order valence-corrected chi connectivity index (χ1v) is 7.57. The van der Waals surface area contributed by atoms with Crippen molar-refractivity contribution in [2.75, 3.05) is 6.16 Å². The average Bonchev–Trinajstić information content (AvgIpc) is 2.82. The Morgan fingerprint density at radius 1 is 1.20 bits per heavy atom. The van der Waals surface area contributed by atoms with Crippen molar-refractivity contribution in [3.05, 3.63) is 28.8 Å². The molecule has 1 saturated heterocycles. The Kier molecular flexibility index (Phi) is 3.16. The SMILES string of the molecule is CCC[C@@H]1CP1c1c(C)cc(C)cc1C. The van der Waals surface area contributed by atoms with E-state index in [9.17, 15) is 0 Å². The van der Waals surface area contributed by atoms with Crippen molar-refractivity contribution in [3.63, 3.8) is 0 Å². The second-order valence-electron chi connectivity index (χ2n) is 4.84. The fraction of sp³-hybridized carbons (Fsp3) is 0.571. The molecule has 0 bridgehead atoms. The van der Waals surface area contributed by atoms with E-state index in [2.05, 4.69) is 39.8 Å². The average molecular weight is 220 g/mol. The molecule has 0 aromatic heterocycles. The summed E-state index contributed by atoms with van der Waals surface area (Å²) in [6.45, 7) is 9.09. The van der Waals surface area contributed by atoms with Gasteiger partial charge >= 0.3 is 0 Å². The predicted molar refractivity (Wildman–Crippen MR) is 70.8 cm³/mol. The Bertz CT molecular complexity index is 345. The van der Waals surface area contributed by atoms with Crippen molar-refractivity contribution >= 4 is 13.2 Å². The summed E-state index contributed by atoms with van der Waals surface area (Å²) in [7, 11) is 0.231. The van der Waals surface area contributed by atoms with E-state index >= 15 is 0 Å². The molecular formula is C14H21P. The van der Waals surface area contributed by atoms with Crippen LogP contribution in [0, 0.1) is 20.8 Å². The lowest BCUT2D eigenvalue weighted by Gasteiger charge is -2.11. The maximum absolute atomic E-state index is 2.35. The molecule has 1 aromatic carbocycles. The first kappa shape index (κ1) is 11.1. The molecule has 1 aromatic rings. The van der Waals surface area contributed by atoms with Gasteiger partial charge in [0.15, 0.2) is 0 Å². The summed E-state index contributed by atoms with van der Waals surface area (Å²) in [6, 6.07) is 4.71. The quantitative estimate of drug-likeness (QED) is 0.678. The first-order valence-electron chi connectivity index (χ1n) is 5.98. The molecule has 0 aliphatic carbocycles. The highest BCUT2D eigenvalue weighted by atomic mass is 31.1. The number of aryl methyl sites for hydroxylation is 3. The number of hydrogen-bond donors (Lipinski definition) is 0. The second-order valence-corrected chi connectivity index (χ2v) is 7.32. The van der Waals surface area contributed by atoms with E-state index in [4.69, 9.17) is 0 Å². The van der Waals surface area contributed by atoms with E-state index in [0.29, 0.717) is 0 Å². The highest BCUT2D eigenvalue weighted by Crippen LogP contribution is 2.60. The van der Waals surface area contributed by atoms with Gasteiger partial charge in [0.2, 0.25) is 0 Å². The van der Waals surface area contributed by atoms with E-state index in [1.54, 1.807) is 5.30 Å². The van der Waals surface area contributed by atoms with Crippen molar-refractivity contribution in [3.8, 4) is 0 Å². The van der Waals surface area contributed by atoms with Crippen LogP contribution in [0.2, 0.25) is 0 Å². The summed E-state index contributed by atoms with van der Waals surface area (Å²) in [4.78, 5) is 0. The van der Waals surface area contributed by atoms with Crippen LogP contribution < -0.4 is 5.30 Å². The van der Waals surface area contributed by atoms with Crippen LogP contribution in [-0.4, -0.2) is 11.8 Å². The fourth-order valence-corrected chi connectivity index (χ4v) is 5.60. The van der Waals surface area contributed by atoms with Gasteiger partial charge in [0.25, 0.3) is 0 Å². The van der Waals surface area contributed by atoms with Gasteiger partial charge in [0.05, 0.1) is 0 Å². The molecule has 1 aliphatic rings. The van der Waals surface area contributed by atoms with Crippen LogP contribution in [-0.2, 0) is 0 Å². The van der Waals surface area contributed by atoms with Crippen molar-refractivity contribution < 1.29 is 0 Å². The smallest absolute Gasteiger partial charge is 0.0126 e. The van der Waals surface area contributed by atoms with Gasteiger partial charge in [-0.05, 0) is 55.4 Å². The third-order valence-electron chi connectivity index (χ3n) is 3.26. The maximum atomic E-state index is 2.35. The minimum Gasteiger partial charge on any atom is -0.0706 e. The number of benzene rings is 1. The van der Waals surface area contributed by atoms with Gasteiger partial charge in [0, 0.05) is 0 Å². The largest absolute Gasteiger partial charge is 0.0706 e. The normalized spacial score (nSPS) is 24.3. The molecule has 0 N–H and O–H groups in total. The molecule has 1 unspecified atom stereocenters. The molecule has 0 radical (unpaired) electrons. The maximum Gasteiger partial charge on any atom is -0.0126 e. The summed E-state index contributed by atoms with van der Waals surface area (Å²) in [5.74, 6) is 0. The van der Waals surface area contributed by atoms with Gasteiger partial charge in [-0.2, -0.15) is 0 Å². The molecule has 2 rings (SSSR count). The van der Waals surface area contributed by atoms with Crippen molar-refractivity contribution in [2.24, 2.45) is 0 Å². The highest BCUT2D eigenvalue weighted by Gasteiger charge is 2.38. The fourth-order valence-electron chi connectivity index (χ4n) is 2.66. The number of rotatable bonds is 3. The molecule has 1 heteroatoms. The Morgan fingerprint density at radius 3 is 2.33 bits per heavy atom. The van der Waals surface area contributed by atoms with Crippen LogP contribution in [0.1, 0.15) is 36.5 Å². The molecule has 1 aliphatic heterocycles. The van der Waals surface area contributed by atoms with Gasteiger partial charge in [-0.25, -0.2) is 0 Å². The lowest BCUT2D eigenvalue weighted by molar-refractivity contribution is 0.829. The molecular weight excluding hydrogens is 199 g/mol. The molecule has 15 heavy (non-hydrogen) atoms. The number of hydrogen-bond acceptors (Lipinski definition) is 0. The molecule has 0 saturated carbocycles. The summed E-state index contributed by atoms with van der Waals surface area (Å²) in [6.07, 6.45) is 4.29. The third kappa shape index (κ3) is 2.26. The zero-order valence-electron chi connectivity index (χ0n) is 10.3. The predicted octanol–water partition coefficient (Wildman–Crippen LogP) is 3.90. The van der Waals surface area contributed by atoms with Gasteiger partial charge in [0.1, 0.15) is 0 Å². The van der Waals surface area contributed by atoms with Crippen LogP contribution in [0.5, 0.6) is 0 Å². The Balaban J connectivity index is 2.23. The molecule has 0 nitrogen and oxygen atoms in total. The summed E-state index contributed by atoms with van der Waals surface area (Å²) < 4.78 is 0. The van der Waals surface area contributed by atoms with E-state index in [1.807, 2.05) is 0 Å². The Labute approximate surface area is 94.8 Å². The van der Waals surface area contributed by atoms with Crippen molar-refractivity contribution in [1.29, 1.82) is 0 Å². The van der Waals surface area contributed by atoms with Crippen molar-refractivity contribution in [2.45, 2.75) is 46.2 Å². The zero-order chi connectivity index (χ0) is 11.0. The summed E-state index contributed by atoms with van der Waals surface area (Å²) in [5, 5.41) is 1.72. The first-order chi connectivity index (χ1) is 7.13. The lowest BCUT2D eigenvalue weighted by Crippen LogP contribution is -2.06. The van der Waals surface area contributed by atoms with E-state index < -0.39 is 0 Å². The molecule has 82 valence electrons. The lowest BCUT2D eigenvalue weighted by atomic mass is 10.1.